The van der Waals surface area contributed by atoms with E-state index in [1.807, 2.05) is 22.9 Å². The SMILES string of the molecule is O=C(CCn1[nH]c(=O)c2ccccc2c1=O)Nc1nc(-c2cccs2)cs1. The van der Waals surface area contributed by atoms with Gasteiger partial charge in [0.2, 0.25) is 5.91 Å². The van der Waals surface area contributed by atoms with Gasteiger partial charge < -0.3 is 5.32 Å². The van der Waals surface area contributed by atoms with Crippen LogP contribution >= 0.6 is 22.7 Å². The highest BCUT2D eigenvalue weighted by atomic mass is 32.1. The Morgan fingerprint density at radius 1 is 1.11 bits per heavy atom. The third-order valence-corrected chi connectivity index (χ3v) is 5.62. The number of benzene rings is 1. The monoisotopic (exact) mass is 398 g/mol. The first-order valence-electron chi connectivity index (χ1n) is 8.13. The van der Waals surface area contributed by atoms with Crippen LogP contribution in [0.3, 0.4) is 0 Å². The molecule has 0 fully saturated rings. The molecule has 0 saturated heterocycles. The second-order valence-corrected chi connectivity index (χ2v) is 7.56. The van der Waals surface area contributed by atoms with E-state index in [1.54, 1.807) is 35.6 Å². The number of carbonyl (C=O) groups is 1. The molecule has 0 aliphatic rings. The van der Waals surface area contributed by atoms with Gasteiger partial charge in [0.25, 0.3) is 11.1 Å². The van der Waals surface area contributed by atoms with Crippen LogP contribution in [-0.2, 0) is 11.3 Å². The van der Waals surface area contributed by atoms with Gasteiger partial charge in [0, 0.05) is 11.8 Å². The van der Waals surface area contributed by atoms with Gasteiger partial charge in [-0.15, -0.1) is 22.7 Å². The number of aryl methyl sites for hydroxylation is 1. The summed E-state index contributed by atoms with van der Waals surface area (Å²) in [5, 5.41) is 10.3. The second kappa shape index (κ2) is 7.29. The predicted molar refractivity (Wildman–Crippen MR) is 108 cm³/mol. The Balaban J connectivity index is 1.45. The van der Waals surface area contributed by atoms with Gasteiger partial charge >= 0.3 is 0 Å². The smallest absolute Gasteiger partial charge is 0.273 e. The van der Waals surface area contributed by atoms with Gasteiger partial charge in [-0.3, -0.25) is 19.5 Å². The van der Waals surface area contributed by atoms with Gasteiger partial charge in [0.1, 0.15) is 0 Å². The minimum atomic E-state index is -0.355. The summed E-state index contributed by atoms with van der Waals surface area (Å²) in [7, 11) is 0. The number of fused-ring (bicyclic) bond motifs is 1. The van der Waals surface area contributed by atoms with E-state index in [2.05, 4.69) is 15.4 Å². The number of carbonyl (C=O) groups excluding carboxylic acids is 1. The Hall–Kier alpha value is -3.04. The van der Waals surface area contributed by atoms with E-state index in [0.717, 1.165) is 10.6 Å². The van der Waals surface area contributed by atoms with Crippen molar-refractivity contribution < 1.29 is 4.79 Å². The van der Waals surface area contributed by atoms with Crippen LogP contribution in [0.1, 0.15) is 6.42 Å². The normalized spacial score (nSPS) is 11.0. The Morgan fingerprint density at radius 3 is 2.70 bits per heavy atom. The fraction of sp³-hybridized carbons (Fsp3) is 0.111. The Labute approximate surface area is 160 Å². The van der Waals surface area contributed by atoms with Crippen molar-refractivity contribution in [2.75, 3.05) is 5.32 Å². The standard InChI is InChI=1S/C18H14N4O3S2/c23-15(20-18-19-13(10-27-18)14-6-3-9-26-14)7-8-22-17(25)12-5-2-1-4-11(12)16(24)21-22/h1-6,9-10H,7-8H2,(H,21,24)(H,19,20,23). The van der Waals surface area contributed by atoms with Crippen molar-refractivity contribution in [3.05, 3.63) is 67.9 Å². The molecule has 0 spiro atoms. The van der Waals surface area contributed by atoms with E-state index >= 15 is 0 Å². The number of aromatic nitrogens is 3. The number of thiophene rings is 1. The molecule has 136 valence electrons. The van der Waals surface area contributed by atoms with Crippen LogP contribution < -0.4 is 16.4 Å². The highest BCUT2D eigenvalue weighted by Gasteiger charge is 2.11. The number of hydrogen-bond donors (Lipinski definition) is 2. The third kappa shape index (κ3) is 3.60. The van der Waals surface area contributed by atoms with E-state index < -0.39 is 0 Å². The quantitative estimate of drug-likeness (QED) is 0.540. The second-order valence-electron chi connectivity index (χ2n) is 5.76. The molecule has 0 radical (unpaired) electrons. The Bertz CT molecular complexity index is 1220. The van der Waals surface area contributed by atoms with Crippen LogP contribution in [0.15, 0.2) is 56.7 Å². The summed E-state index contributed by atoms with van der Waals surface area (Å²) in [4.78, 5) is 42.1. The lowest BCUT2D eigenvalue weighted by molar-refractivity contribution is -0.116. The van der Waals surface area contributed by atoms with Crippen LogP contribution in [0.2, 0.25) is 0 Å². The van der Waals surface area contributed by atoms with Gasteiger partial charge in [-0.2, -0.15) is 0 Å². The lowest BCUT2D eigenvalue weighted by Crippen LogP contribution is -2.31. The largest absolute Gasteiger partial charge is 0.302 e. The van der Waals surface area contributed by atoms with Crippen molar-refractivity contribution in [3.63, 3.8) is 0 Å². The molecular weight excluding hydrogens is 384 g/mol. The molecule has 3 heterocycles. The fourth-order valence-electron chi connectivity index (χ4n) is 2.67. The minimum Gasteiger partial charge on any atom is -0.302 e. The van der Waals surface area contributed by atoms with Gasteiger partial charge in [0.05, 0.1) is 27.9 Å². The molecule has 27 heavy (non-hydrogen) atoms. The van der Waals surface area contributed by atoms with Crippen molar-refractivity contribution >= 4 is 44.5 Å². The molecule has 7 nitrogen and oxygen atoms in total. The molecule has 1 amide bonds. The molecular formula is C18H14N4O3S2. The summed E-state index contributed by atoms with van der Waals surface area (Å²) in [5.74, 6) is -0.275. The number of amides is 1. The molecule has 4 aromatic rings. The first-order chi connectivity index (χ1) is 13.1. The first-order valence-corrected chi connectivity index (χ1v) is 9.89. The van der Waals surface area contributed by atoms with E-state index in [4.69, 9.17) is 0 Å². The number of rotatable bonds is 5. The summed E-state index contributed by atoms with van der Waals surface area (Å²) in [6.45, 7) is 0.0773. The zero-order chi connectivity index (χ0) is 18.8. The van der Waals surface area contributed by atoms with E-state index in [9.17, 15) is 14.4 Å². The Morgan fingerprint density at radius 2 is 1.93 bits per heavy atom. The zero-order valence-electron chi connectivity index (χ0n) is 14.0. The average molecular weight is 398 g/mol. The van der Waals surface area contributed by atoms with E-state index in [0.29, 0.717) is 15.9 Å². The minimum absolute atomic E-state index is 0.0438. The summed E-state index contributed by atoms with van der Waals surface area (Å²) < 4.78 is 1.17. The summed E-state index contributed by atoms with van der Waals surface area (Å²) >= 11 is 2.92. The maximum atomic E-state index is 12.4. The molecule has 3 aromatic heterocycles. The average Bonchev–Trinajstić information content (AvgIpc) is 3.35. The molecule has 0 aliphatic heterocycles. The number of anilines is 1. The van der Waals surface area contributed by atoms with Crippen molar-refractivity contribution in [2.45, 2.75) is 13.0 Å². The van der Waals surface area contributed by atoms with Crippen LogP contribution in [-0.4, -0.2) is 20.7 Å². The van der Waals surface area contributed by atoms with E-state index in [-0.39, 0.29) is 30.0 Å². The van der Waals surface area contributed by atoms with Crippen molar-refractivity contribution in [3.8, 4) is 10.6 Å². The van der Waals surface area contributed by atoms with Crippen LogP contribution in [0.25, 0.3) is 21.3 Å². The number of hydrogen-bond acceptors (Lipinski definition) is 6. The van der Waals surface area contributed by atoms with Gasteiger partial charge in [0.15, 0.2) is 5.13 Å². The predicted octanol–water partition coefficient (Wildman–Crippen LogP) is 2.90. The fourth-order valence-corrected chi connectivity index (χ4v) is 4.16. The number of nitrogens with one attached hydrogen (secondary N) is 2. The summed E-state index contributed by atoms with van der Waals surface area (Å²) in [6, 6.07) is 10.5. The van der Waals surface area contributed by atoms with Gasteiger partial charge in [-0.1, -0.05) is 18.2 Å². The van der Waals surface area contributed by atoms with Crippen LogP contribution in [0.5, 0.6) is 0 Å². The number of nitrogens with zero attached hydrogens (tertiary/aromatic N) is 2. The molecule has 0 unspecified atom stereocenters. The molecule has 0 bridgehead atoms. The highest BCUT2D eigenvalue weighted by Crippen LogP contribution is 2.28. The molecule has 4 rings (SSSR count). The van der Waals surface area contributed by atoms with Crippen molar-refractivity contribution in [1.82, 2.24) is 14.8 Å². The summed E-state index contributed by atoms with van der Waals surface area (Å²) in [6.07, 6.45) is 0.0438. The summed E-state index contributed by atoms with van der Waals surface area (Å²) in [5.41, 5.74) is 0.138. The number of thiazole rings is 1. The molecule has 2 N–H and O–H groups in total. The zero-order valence-corrected chi connectivity index (χ0v) is 15.6. The third-order valence-electron chi connectivity index (χ3n) is 3.97. The van der Waals surface area contributed by atoms with Crippen LogP contribution in [0.4, 0.5) is 5.13 Å². The maximum Gasteiger partial charge on any atom is 0.273 e. The molecule has 1 aromatic carbocycles. The molecule has 0 aliphatic carbocycles. The maximum absolute atomic E-state index is 12.4. The lowest BCUT2D eigenvalue weighted by atomic mass is 10.2. The van der Waals surface area contributed by atoms with Crippen molar-refractivity contribution in [2.24, 2.45) is 0 Å². The van der Waals surface area contributed by atoms with Gasteiger partial charge in [-0.25, -0.2) is 9.67 Å². The first kappa shape index (κ1) is 17.4. The topological polar surface area (TPSA) is 96.9 Å². The molecule has 9 heteroatoms. The Kier molecular flexibility index (Phi) is 4.69. The number of aromatic amines is 1. The van der Waals surface area contributed by atoms with E-state index in [1.165, 1.54) is 16.0 Å². The van der Waals surface area contributed by atoms with Crippen LogP contribution in [0, 0.1) is 0 Å². The molecule has 0 saturated carbocycles. The van der Waals surface area contributed by atoms with Gasteiger partial charge in [-0.05, 0) is 23.6 Å². The lowest BCUT2D eigenvalue weighted by Gasteiger charge is -2.07. The highest BCUT2D eigenvalue weighted by molar-refractivity contribution is 7.16. The number of H-pyrrole nitrogens is 1. The van der Waals surface area contributed by atoms with Crippen molar-refractivity contribution in [1.29, 1.82) is 0 Å². The molecule has 0 atom stereocenters.